The summed E-state index contributed by atoms with van der Waals surface area (Å²) in [5, 5.41) is 73.4. The van der Waals surface area contributed by atoms with Crippen LogP contribution in [0.5, 0.6) is 23.0 Å². The Morgan fingerprint density at radius 1 is 0.922 bits per heavy atom. The van der Waals surface area contributed by atoms with E-state index in [4.69, 9.17) is 4.74 Å². The van der Waals surface area contributed by atoms with Gasteiger partial charge in [-0.05, 0) is 139 Å². The molecule has 3 aromatic carbocycles. The molecule has 3 aromatic rings. The lowest BCUT2D eigenvalue weighted by atomic mass is 9.24. The molecule has 9 nitrogen and oxygen atoms in total. The summed E-state index contributed by atoms with van der Waals surface area (Å²) in [6.07, 6.45) is 16.0. The second-order valence-corrected chi connectivity index (χ2v) is 21.7. The van der Waals surface area contributed by atoms with Crippen molar-refractivity contribution in [1.29, 1.82) is 0 Å². The van der Waals surface area contributed by atoms with Crippen LogP contribution in [0.3, 0.4) is 0 Å². The van der Waals surface area contributed by atoms with Crippen LogP contribution >= 0.6 is 0 Å². The van der Waals surface area contributed by atoms with Crippen molar-refractivity contribution in [1.82, 2.24) is 5.32 Å². The number of carbonyl (C=O) groups excluding carboxylic acids is 1. The molecular weight excluding hydrogens is 803 g/mol. The summed E-state index contributed by atoms with van der Waals surface area (Å²) in [6, 6.07) is 17.2. The van der Waals surface area contributed by atoms with E-state index in [2.05, 4.69) is 47.5 Å². The lowest BCUT2D eigenvalue weighted by molar-refractivity contribution is -0.245. The Balaban J connectivity index is 1.11. The van der Waals surface area contributed by atoms with Crippen molar-refractivity contribution in [2.24, 2.45) is 52.3 Å². The molecule has 0 radical (unpaired) electrons. The summed E-state index contributed by atoms with van der Waals surface area (Å²) in [6.45, 7) is 0.299. The number of Topliss-reactive ketones (excluding diaryl/α,β-unsaturated/α-hetero) is 1. The Labute approximate surface area is 375 Å². The second kappa shape index (κ2) is 14.2. The van der Waals surface area contributed by atoms with Crippen LogP contribution in [0.15, 0.2) is 78.4 Å². The van der Waals surface area contributed by atoms with E-state index >= 15 is 4.79 Å². The van der Waals surface area contributed by atoms with Gasteiger partial charge < -0.3 is 40.7 Å². The van der Waals surface area contributed by atoms with Crippen LogP contribution in [0.2, 0.25) is 0 Å². The van der Waals surface area contributed by atoms with Gasteiger partial charge in [0.15, 0.2) is 23.0 Å². The number of nitrogens with one attached hydrogen (secondary N) is 1. The van der Waals surface area contributed by atoms with Gasteiger partial charge in [-0.1, -0.05) is 72.4 Å². The van der Waals surface area contributed by atoms with Crippen molar-refractivity contribution in [2.45, 2.75) is 112 Å². The van der Waals surface area contributed by atoms with Gasteiger partial charge in [-0.25, -0.2) is 0 Å². The Hall–Kier alpha value is -4.59. The van der Waals surface area contributed by atoms with Gasteiger partial charge in [0.1, 0.15) is 5.78 Å². The van der Waals surface area contributed by atoms with Gasteiger partial charge in [0.2, 0.25) is 0 Å². The average Bonchev–Trinajstić information content (AvgIpc) is 3.69. The summed E-state index contributed by atoms with van der Waals surface area (Å²) < 4.78 is 5.59. The summed E-state index contributed by atoms with van der Waals surface area (Å²) in [5.41, 5.74) is 2.98. The minimum Gasteiger partial charge on any atom is -0.504 e. The highest BCUT2D eigenvalue weighted by Gasteiger charge is 2.82. The van der Waals surface area contributed by atoms with E-state index in [0.29, 0.717) is 49.3 Å². The molecule has 0 unspecified atom stereocenters. The summed E-state index contributed by atoms with van der Waals surface area (Å²) in [4.78, 5) is 15.2. The standard InChI is InChI=1S/C55H61NO8/c1-64-48-23-40(35(29-58)19-47(48)62)39-21-38(59)27-52(63)15-16-53-26-37-12-11-32(13-17-57)42-20-36-8-5-14-51(36)30-54(37,42)49-25-43(51)41-22-45(60)46(61)24-44(41)55(49,53)50(52)34(28-56-53)10-9-33(39)18-31-6-3-2-4-7-31/h2-4,6-7,11-12,19-20,22-24,32-34,36-37,39,43,49-50,56-58,60-63H,5,8,13-18,21,25-30H2,1H3/t32-,33-,34+,36-,37+,39+,43+,49+,50-,51+,52+,53-,54+,55+/m1/s1. The molecule has 5 fully saturated rings. The number of rotatable bonds is 7. The summed E-state index contributed by atoms with van der Waals surface area (Å²) >= 11 is 0. The number of benzene rings is 3. The van der Waals surface area contributed by atoms with Crippen LogP contribution in [0, 0.1) is 64.1 Å². The third kappa shape index (κ3) is 5.20. The third-order valence-corrected chi connectivity index (χ3v) is 19.5. The molecule has 9 heteroatoms. The Kier molecular flexibility index (Phi) is 9.08. The lowest BCUT2D eigenvalue weighted by Crippen LogP contribution is -2.85. The Morgan fingerprint density at radius 3 is 2.55 bits per heavy atom. The van der Waals surface area contributed by atoms with Crippen molar-refractivity contribution in [3.8, 4) is 34.8 Å². The number of phenols is 3. The number of aromatic hydroxyl groups is 3. The molecule has 6 bridgehead atoms. The maximum Gasteiger partial charge on any atom is 0.160 e. The molecular formula is C55H61NO8. The van der Waals surface area contributed by atoms with Crippen molar-refractivity contribution in [3.63, 3.8) is 0 Å². The van der Waals surface area contributed by atoms with Crippen LogP contribution in [0.1, 0.15) is 110 Å². The SMILES string of the molecule is COc1cc([C@H]2CC(=O)C[C@@]3(O)CC[C@@]45C[C@@H]6C=C[C@H](CCO)C7=C[C@H]8CCC[C@]89C[C@@]76[C@@H]6C[C@H]9c7cc(O)c(O)cc7[C@@]64[C@@H]3[C@@H](C#C[C@@H]2Cc2ccccc2)CN5)c(CO)cc1O. The third-order valence-electron chi connectivity index (χ3n) is 19.5. The molecule has 1 heterocycles. The Bertz CT molecular complexity index is 2580. The number of methoxy groups -OCH3 is 1. The minimum absolute atomic E-state index is 0.00495. The van der Waals surface area contributed by atoms with Crippen molar-refractivity contribution in [2.75, 3.05) is 20.3 Å². The molecule has 3 spiro atoms. The number of piperidine rings is 1. The molecule has 14 atom stereocenters. The van der Waals surface area contributed by atoms with E-state index in [9.17, 15) is 30.6 Å². The molecule has 12 rings (SSSR count). The van der Waals surface area contributed by atoms with Crippen LogP contribution in [-0.4, -0.2) is 67.8 Å². The number of hydrogen-bond acceptors (Lipinski definition) is 9. The van der Waals surface area contributed by atoms with E-state index in [1.54, 1.807) is 6.07 Å². The number of ketones is 1. The van der Waals surface area contributed by atoms with Gasteiger partial charge in [0.25, 0.3) is 0 Å². The number of fused-ring (bicyclic) bond motifs is 3. The van der Waals surface area contributed by atoms with Gasteiger partial charge in [-0.3, -0.25) is 4.79 Å². The largest absolute Gasteiger partial charge is 0.504 e. The number of ether oxygens (including phenoxy) is 1. The number of allylic oxidation sites excluding steroid dienone is 4. The zero-order chi connectivity index (χ0) is 44.0. The highest BCUT2D eigenvalue weighted by atomic mass is 16.5. The van der Waals surface area contributed by atoms with Gasteiger partial charge in [-0.2, -0.15) is 0 Å². The number of hydrogen-bond donors (Lipinski definition) is 7. The zero-order valence-corrected chi connectivity index (χ0v) is 36.7. The van der Waals surface area contributed by atoms with Crippen LogP contribution in [0.4, 0.5) is 0 Å². The maximum atomic E-state index is 15.2. The number of aliphatic hydroxyl groups is 3. The van der Waals surface area contributed by atoms with Crippen molar-refractivity contribution < 1.29 is 40.2 Å². The van der Waals surface area contributed by atoms with E-state index in [0.717, 1.165) is 55.2 Å². The van der Waals surface area contributed by atoms with E-state index in [-0.39, 0.29) is 101 Å². The molecule has 1 aliphatic heterocycles. The smallest absolute Gasteiger partial charge is 0.160 e. The molecule has 8 aliphatic carbocycles. The number of phenolic OH excluding ortho intramolecular Hbond substituents is 3. The molecule has 1 saturated heterocycles. The Morgan fingerprint density at radius 2 is 1.75 bits per heavy atom. The fraction of sp³-hybridized carbons (Fsp3) is 0.545. The number of carbonyl (C=O) groups is 1. The molecule has 334 valence electrons. The van der Waals surface area contributed by atoms with Gasteiger partial charge in [-0.15, -0.1) is 0 Å². The van der Waals surface area contributed by atoms with Crippen molar-refractivity contribution >= 4 is 5.78 Å². The van der Waals surface area contributed by atoms with Crippen molar-refractivity contribution in [3.05, 3.63) is 106 Å². The first-order valence-electron chi connectivity index (χ1n) is 24.1. The van der Waals surface area contributed by atoms with Gasteiger partial charge in [0.05, 0.1) is 19.3 Å². The fourth-order valence-electron chi connectivity index (χ4n) is 17.6. The predicted molar refractivity (Wildman–Crippen MR) is 241 cm³/mol. The fourth-order valence-corrected chi connectivity index (χ4v) is 17.6. The van der Waals surface area contributed by atoms with E-state index < -0.39 is 28.4 Å². The highest BCUT2D eigenvalue weighted by Crippen LogP contribution is 2.84. The maximum absolute atomic E-state index is 15.2. The molecule has 7 N–H and O–H groups in total. The summed E-state index contributed by atoms with van der Waals surface area (Å²) in [7, 11) is 1.49. The lowest BCUT2D eigenvalue weighted by Gasteiger charge is -2.81. The summed E-state index contributed by atoms with van der Waals surface area (Å²) in [5.74, 6) is 6.84. The molecule has 0 amide bonds. The first-order chi connectivity index (χ1) is 30.9. The highest BCUT2D eigenvalue weighted by molar-refractivity contribution is 5.81. The predicted octanol–water partition coefficient (Wildman–Crippen LogP) is 7.46. The van der Waals surface area contributed by atoms with Gasteiger partial charge >= 0.3 is 0 Å². The first-order valence-corrected chi connectivity index (χ1v) is 24.1. The average molecular weight is 864 g/mol. The monoisotopic (exact) mass is 863 g/mol. The zero-order valence-electron chi connectivity index (χ0n) is 36.7. The molecule has 0 aromatic heterocycles. The molecule has 64 heavy (non-hydrogen) atoms. The van der Waals surface area contributed by atoms with E-state index in [1.807, 2.05) is 30.3 Å². The number of aliphatic hydroxyl groups excluding tert-OH is 2. The van der Waals surface area contributed by atoms with Crippen LogP contribution in [-0.2, 0) is 23.2 Å². The normalized spacial score (nSPS) is 41.7. The van der Waals surface area contributed by atoms with E-state index in [1.165, 1.54) is 18.7 Å². The minimum atomic E-state index is -1.44. The quantitative estimate of drug-likeness (QED) is 0.0728. The van der Waals surface area contributed by atoms with Gasteiger partial charge in [0, 0.05) is 72.0 Å². The second-order valence-electron chi connectivity index (χ2n) is 21.7. The first kappa shape index (κ1) is 40.9. The molecule has 4 saturated carbocycles. The van der Waals surface area contributed by atoms with Crippen LogP contribution < -0.4 is 10.1 Å². The molecule has 9 aliphatic rings. The topological polar surface area (TPSA) is 160 Å². The van der Waals surface area contributed by atoms with Crippen LogP contribution in [0.25, 0.3) is 0 Å².